The van der Waals surface area contributed by atoms with Crippen molar-refractivity contribution in [3.05, 3.63) is 95.6 Å². The Morgan fingerprint density at radius 2 is 1.50 bits per heavy atom. The molecule has 0 saturated carbocycles. The lowest BCUT2D eigenvalue weighted by molar-refractivity contribution is 0.305. The zero-order valence-electron chi connectivity index (χ0n) is 15.8. The van der Waals surface area contributed by atoms with Gasteiger partial charge < -0.3 is 14.9 Å². The summed E-state index contributed by atoms with van der Waals surface area (Å²) < 4.78 is 11.5. The first-order valence-electron chi connectivity index (χ1n) is 9.12. The molecule has 0 aliphatic rings. The molecule has 4 heteroatoms. The highest BCUT2D eigenvalue weighted by molar-refractivity contribution is 5.99. The normalized spacial score (nSPS) is 11.3. The molecular formula is C24H22N2O2. The summed E-state index contributed by atoms with van der Waals surface area (Å²) >= 11 is 0. The van der Waals surface area contributed by atoms with Gasteiger partial charge in [-0.1, -0.05) is 54.6 Å². The molecule has 1 atom stereocenters. The maximum Gasteiger partial charge on any atom is 0.130 e. The zero-order valence-corrected chi connectivity index (χ0v) is 15.8. The second-order valence-corrected chi connectivity index (χ2v) is 6.49. The van der Waals surface area contributed by atoms with Crippen LogP contribution < -0.4 is 9.47 Å². The average Bonchev–Trinajstić information content (AvgIpc) is 2.77. The Hall–Kier alpha value is -3.58. The van der Waals surface area contributed by atoms with E-state index >= 15 is 0 Å². The number of nitrogens with zero attached hydrogens (tertiary/aromatic N) is 1. The Morgan fingerprint density at radius 3 is 2.14 bits per heavy atom. The van der Waals surface area contributed by atoms with Gasteiger partial charge in [0.1, 0.15) is 24.7 Å². The quantitative estimate of drug-likeness (QED) is 0.544. The van der Waals surface area contributed by atoms with Crippen LogP contribution in [-0.4, -0.2) is 12.3 Å². The van der Waals surface area contributed by atoms with Crippen LogP contribution in [0.25, 0.3) is 0 Å². The minimum atomic E-state index is -0.120. The van der Waals surface area contributed by atoms with Crippen LogP contribution >= 0.6 is 0 Å². The van der Waals surface area contributed by atoms with E-state index in [0.717, 1.165) is 28.2 Å². The fourth-order valence-electron chi connectivity index (χ4n) is 2.65. The van der Waals surface area contributed by atoms with E-state index < -0.39 is 0 Å². The minimum absolute atomic E-state index is 0.120. The fraction of sp³-hybridized carbons (Fsp3) is 0.167. The molecule has 0 aliphatic heterocycles. The summed E-state index contributed by atoms with van der Waals surface area (Å²) in [6.45, 7) is 2.56. The summed E-state index contributed by atoms with van der Waals surface area (Å²) in [6, 6.07) is 27.1. The third-order valence-corrected chi connectivity index (χ3v) is 4.41. The van der Waals surface area contributed by atoms with E-state index in [-0.39, 0.29) is 12.5 Å². The van der Waals surface area contributed by atoms with Gasteiger partial charge in [0.15, 0.2) is 0 Å². The summed E-state index contributed by atoms with van der Waals surface area (Å²) in [5, 5.41) is 17.0. The number of nitriles is 1. The first kappa shape index (κ1) is 19.2. The highest BCUT2D eigenvalue weighted by atomic mass is 16.5. The van der Waals surface area contributed by atoms with Crippen molar-refractivity contribution < 1.29 is 9.47 Å². The monoisotopic (exact) mass is 370 g/mol. The van der Waals surface area contributed by atoms with Crippen molar-refractivity contribution in [1.82, 2.24) is 0 Å². The van der Waals surface area contributed by atoms with Gasteiger partial charge in [0.2, 0.25) is 0 Å². The Kier molecular flexibility index (Phi) is 6.43. The molecule has 0 bridgehead atoms. The van der Waals surface area contributed by atoms with Crippen molar-refractivity contribution in [2.75, 3.05) is 6.61 Å². The molecular weight excluding hydrogens is 348 g/mol. The van der Waals surface area contributed by atoms with Crippen molar-refractivity contribution in [2.45, 2.75) is 19.4 Å². The van der Waals surface area contributed by atoms with E-state index in [4.69, 9.17) is 20.1 Å². The Morgan fingerprint density at radius 1 is 0.893 bits per heavy atom. The Balaban J connectivity index is 1.49. The number of nitrogens with one attached hydrogen (secondary N) is 1. The fourth-order valence-corrected chi connectivity index (χ4v) is 2.65. The van der Waals surface area contributed by atoms with Crippen LogP contribution in [0.3, 0.4) is 0 Å². The summed E-state index contributed by atoms with van der Waals surface area (Å²) in [5.41, 5.74) is 3.32. The maximum atomic E-state index is 8.96. The van der Waals surface area contributed by atoms with Gasteiger partial charge in [0, 0.05) is 0 Å². The van der Waals surface area contributed by atoms with Gasteiger partial charge in [-0.05, 0) is 47.9 Å². The molecule has 3 aromatic carbocycles. The summed E-state index contributed by atoms with van der Waals surface area (Å²) in [6.07, 6.45) is 0. The van der Waals surface area contributed by atoms with E-state index in [9.17, 15) is 0 Å². The predicted octanol–water partition coefficient (Wildman–Crippen LogP) is 5.34. The number of hydrogen-bond acceptors (Lipinski definition) is 4. The van der Waals surface area contributed by atoms with Gasteiger partial charge in [-0.15, -0.1) is 0 Å². The van der Waals surface area contributed by atoms with Crippen LogP contribution in [0.2, 0.25) is 0 Å². The Bertz CT molecular complexity index is 943. The molecule has 3 rings (SSSR count). The van der Waals surface area contributed by atoms with Crippen molar-refractivity contribution >= 4 is 5.71 Å². The van der Waals surface area contributed by atoms with Crippen molar-refractivity contribution in [3.63, 3.8) is 0 Å². The van der Waals surface area contributed by atoms with Crippen LogP contribution in [0, 0.1) is 16.7 Å². The van der Waals surface area contributed by atoms with E-state index in [1.54, 1.807) is 0 Å². The van der Waals surface area contributed by atoms with E-state index in [1.165, 1.54) is 0 Å². The molecule has 0 aromatic heterocycles. The van der Waals surface area contributed by atoms with Crippen LogP contribution in [0.15, 0.2) is 78.9 Å². The first-order chi connectivity index (χ1) is 13.7. The molecule has 1 unspecified atom stereocenters. The lowest BCUT2D eigenvalue weighted by atomic mass is 10.0. The van der Waals surface area contributed by atoms with Gasteiger partial charge in [-0.3, -0.25) is 0 Å². The molecule has 0 aliphatic carbocycles. The van der Waals surface area contributed by atoms with Gasteiger partial charge >= 0.3 is 0 Å². The molecule has 0 fully saturated rings. The molecule has 4 nitrogen and oxygen atoms in total. The lowest BCUT2D eigenvalue weighted by Crippen LogP contribution is -2.11. The zero-order chi connectivity index (χ0) is 19.8. The highest BCUT2D eigenvalue weighted by Gasteiger charge is 2.05. The van der Waals surface area contributed by atoms with Crippen molar-refractivity contribution in [1.29, 1.82) is 10.7 Å². The topological polar surface area (TPSA) is 66.1 Å². The standard InChI is InChI=1S/C24H22N2O2/c1-18(15-25)20-9-13-23(14-10-20)27-16-19-7-11-22(12-8-19)28-17-24(26)21-5-3-2-4-6-21/h2-14,18,26H,16-17H2,1H3. The first-order valence-corrected chi connectivity index (χ1v) is 9.12. The molecule has 28 heavy (non-hydrogen) atoms. The second-order valence-electron chi connectivity index (χ2n) is 6.49. The van der Waals surface area contributed by atoms with Crippen molar-refractivity contribution in [2.24, 2.45) is 0 Å². The number of ether oxygens (including phenoxy) is 2. The highest BCUT2D eigenvalue weighted by Crippen LogP contribution is 2.20. The van der Waals surface area contributed by atoms with Gasteiger partial charge in [-0.2, -0.15) is 5.26 Å². The third-order valence-electron chi connectivity index (χ3n) is 4.41. The van der Waals surface area contributed by atoms with E-state index in [2.05, 4.69) is 6.07 Å². The predicted molar refractivity (Wildman–Crippen MR) is 110 cm³/mol. The number of rotatable bonds is 8. The second kappa shape index (κ2) is 9.38. The third kappa shape index (κ3) is 5.21. The number of benzene rings is 3. The molecule has 0 saturated heterocycles. The van der Waals surface area contributed by atoms with Gasteiger partial charge in [0.05, 0.1) is 17.7 Å². The molecule has 3 aromatic rings. The Labute approximate surface area is 165 Å². The van der Waals surface area contributed by atoms with Crippen LogP contribution in [-0.2, 0) is 6.61 Å². The summed E-state index contributed by atoms with van der Waals surface area (Å²) in [7, 11) is 0. The van der Waals surface area contributed by atoms with E-state index in [0.29, 0.717) is 12.3 Å². The van der Waals surface area contributed by atoms with E-state index in [1.807, 2.05) is 85.8 Å². The average molecular weight is 370 g/mol. The smallest absolute Gasteiger partial charge is 0.130 e. The van der Waals surface area contributed by atoms with Crippen LogP contribution in [0.1, 0.15) is 29.5 Å². The SMILES string of the molecule is CC(C#N)c1ccc(OCc2ccc(OCC(=N)c3ccccc3)cc2)cc1. The largest absolute Gasteiger partial charge is 0.489 e. The van der Waals surface area contributed by atoms with Crippen LogP contribution in [0.4, 0.5) is 0 Å². The summed E-state index contributed by atoms with van der Waals surface area (Å²) in [5.74, 6) is 1.37. The lowest BCUT2D eigenvalue weighted by Gasteiger charge is -2.10. The van der Waals surface area contributed by atoms with Crippen LogP contribution in [0.5, 0.6) is 11.5 Å². The molecule has 1 N–H and O–H groups in total. The number of hydrogen-bond donors (Lipinski definition) is 1. The molecule has 0 spiro atoms. The van der Waals surface area contributed by atoms with Gasteiger partial charge in [-0.25, -0.2) is 0 Å². The summed E-state index contributed by atoms with van der Waals surface area (Å²) in [4.78, 5) is 0. The minimum Gasteiger partial charge on any atom is -0.489 e. The molecule has 0 heterocycles. The molecule has 140 valence electrons. The van der Waals surface area contributed by atoms with Gasteiger partial charge in [0.25, 0.3) is 0 Å². The molecule has 0 amide bonds. The van der Waals surface area contributed by atoms with Crippen molar-refractivity contribution in [3.8, 4) is 17.6 Å². The maximum absolute atomic E-state index is 8.96. The molecule has 0 radical (unpaired) electrons.